The van der Waals surface area contributed by atoms with Crippen molar-refractivity contribution in [2.75, 3.05) is 0 Å². The maximum absolute atomic E-state index is 2.35. The lowest BCUT2D eigenvalue weighted by molar-refractivity contribution is 1.31. The molecule has 2 heteroatoms. The summed E-state index contributed by atoms with van der Waals surface area (Å²) in [6, 6.07) is 12.8. The zero-order valence-electron chi connectivity index (χ0n) is 11.2. The van der Waals surface area contributed by atoms with Gasteiger partial charge in [0, 0.05) is 7.14 Å². The first-order chi connectivity index (χ1) is 8.41. The van der Waals surface area contributed by atoms with E-state index in [1.165, 1.54) is 29.4 Å². The highest BCUT2D eigenvalue weighted by atomic mass is 127. The van der Waals surface area contributed by atoms with Crippen molar-refractivity contribution in [2.24, 2.45) is 0 Å². The van der Waals surface area contributed by atoms with E-state index in [4.69, 9.17) is 0 Å². The summed E-state index contributed by atoms with van der Waals surface area (Å²) in [4.78, 5) is 0. The average molecular weight is 464 g/mol. The van der Waals surface area contributed by atoms with Crippen LogP contribution in [-0.2, 0) is 0 Å². The van der Waals surface area contributed by atoms with Gasteiger partial charge in [-0.1, -0.05) is 18.2 Å². The molecule has 0 atom stereocenters. The van der Waals surface area contributed by atoms with E-state index in [1.54, 1.807) is 0 Å². The average Bonchev–Trinajstić information content (AvgIpc) is 2.32. The molecule has 0 aliphatic heterocycles. The fourth-order valence-corrected chi connectivity index (χ4v) is 2.70. The van der Waals surface area contributed by atoms with E-state index < -0.39 is 0 Å². The van der Waals surface area contributed by atoms with Gasteiger partial charge in [0.2, 0.25) is 0 Å². The summed E-state index contributed by atoms with van der Waals surface area (Å²) in [5, 5.41) is 0. The third-order valence-corrected chi connectivity index (χ3v) is 4.85. The smallest absolute Gasteiger partial charge is 0.0162 e. The normalized spacial score (nSPS) is 9.67. The van der Waals surface area contributed by atoms with Crippen LogP contribution in [0.5, 0.6) is 0 Å². The second kappa shape index (κ2) is 7.48. The Hall–Kier alpha value is -0.100. The van der Waals surface area contributed by atoms with Crippen molar-refractivity contribution in [1.82, 2.24) is 0 Å². The number of hydrogen-bond donors (Lipinski definition) is 0. The standard InChI is InChI=1S/2C8H9I/c1-6-3-4-8(9)5-7(6)2;1-6-4-3-5-8(9)7(6)2/h2*3-5H,1-2H3. The van der Waals surface area contributed by atoms with E-state index in [9.17, 15) is 0 Å². The van der Waals surface area contributed by atoms with Crippen molar-refractivity contribution < 1.29 is 0 Å². The molecule has 0 radical (unpaired) electrons. The van der Waals surface area contributed by atoms with E-state index in [2.05, 4.69) is 109 Å². The number of benzene rings is 2. The molecule has 0 spiro atoms. The van der Waals surface area contributed by atoms with Gasteiger partial charge in [0.25, 0.3) is 0 Å². The molecule has 0 N–H and O–H groups in total. The van der Waals surface area contributed by atoms with Gasteiger partial charge in [0.15, 0.2) is 0 Å². The Bertz CT molecular complexity index is 510. The Balaban J connectivity index is 0.000000180. The predicted octanol–water partition coefficient (Wildman–Crippen LogP) is 5.82. The van der Waals surface area contributed by atoms with Crippen LogP contribution in [0.3, 0.4) is 0 Å². The molecular formula is C16H18I2. The second-order valence-corrected chi connectivity index (χ2v) is 6.82. The Kier molecular flexibility index (Phi) is 6.63. The van der Waals surface area contributed by atoms with Gasteiger partial charge in [0.1, 0.15) is 0 Å². The SMILES string of the molecule is Cc1ccc(I)cc1C.Cc1cccc(I)c1C. The predicted molar refractivity (Wildman–Crippen MR) is 97.3 cm³/mol. The summed E-state index contributed by atoms with van der Waals surface area (Å²) in [5.41, 5.74) is 5.53. The molecule has 18 heavy (non-hydrogen) atoms. The van der Waals surface area contributed by atoms with Gasteiger partial charge in [-0.05, 0) is 113 Å². The summed E-state index contributed by atoms with van der Waals surface area (Å²) < 4.78 is 2.67. The molecule has 96 valence electrons. The van der Waals surface area contributed by atoms with Crippen LogP contribution in [0.2, 0.25) is 0 Å². The fraction of sp³-hybridized carbons (Fsp3) is 0.250. The Labute approximate surface area is 137 Å². The number of rotatable bonds is 0. The zero-order chi connectivity index (χ0) is 13.7. The van der Waals surface area contributed by atoms with Crippen molar-refractivity contribution in [1.29, 1.82) is 0 Å². The van der Waals surface area contributed by atoms with Crippen LogP contribution >= 0.6 is 45.2 Å². The van der Waals surface area contributed by atoms with Crippen molar-refractivity contribution in [3.63, 3.8) is 0 Å². The van der Waals surface area contributed by atoms with Crippen LogP contribution in [0.15, 0.2) is 36.4 Å². The van der Waals surface area contributed by atoms with E-state index in [0.29, 0.717) is 0 Å². The lowest BCUT2D eigenvalue weighted by atomic mass is 10.1. The molecular weight excluding hydrogens is 446 g/mol. The minimum absolute atomic E-state index is 1.32. The first kappa shape index (κ1) is 16.0. The van der Waals surface area contributed by atoms with Gasteiger partial charge in [0.05, 0.1) is 0 Å². The molecule has 0 saturated heterocycles. The first-order valence-corrected chi connectivity index (χ1v) is 8.02. The summed E-state index contributed by atoms with van der Waals surface area (Å²) in [6.45, 7) is 8.55. The summed E-state index contributed by atoms with van der Waals surface area (Å²) in [7, 11) is 0. The van der Waals surface area contributed by atoms with E-state index in [0.717, 1.165) is 0 Å². The third-order valence-electron chi connectivity index (χ3n) is 3.01. The topological polar surface area (TPSA) is 0 Å². The van der Waals surface area contributed by atoms with Crippen LogP contribution in [0.4, 0.5) is 0 Å². The molecule has 0 aliphatic carbocycles. The van der Waals surface area contributed by atoms with Crippen molar-refractivity contribution in [3.05, 3.63) is 65.8 Å². The lowest BCUT2D eigenvalue weighted by Crippen LogP contribution is -1.82. The molecule has 0 amide bonds. The van der Waals surface area contributed by atoms with E-state index >= 15 is 0 Å². The van der Waals surface area contributed by atoms with Crippen molar-refractivity contribution in [2.45, 2.75) is 27.7 Å². The fourth-order valence-electron chi connectivity index (χ4n) is 1.42. The summed E-state index contributed by atoms with van der Waals surface area (Å²) >= 11 is 4.67. The quantitative estimate of drug-likeness (QED) is 0.432. The van der Waals surface area contributed by atoms with Crippen LogP contribution in [0, 0.1) is 34.8 Å². The van der Waals surface area contributed by atoms with Gasteiger partial charge >= 0.3 is 0 Å². The third kappa shape index (κ3) is 4.88. The highest BCUT2D eigenvalue weighted by molar-refractivity contribution is 14.1. The minimum atomic E-state index is 1.32. The van der Waals surface area contributed by atoms with E-state index in [-0.39, 0.29) is 0 Å². The highest BCUT2D eigenvalue weighted by Gasteiger charge is 1.93. The Morgan fingerprint density at radius 2 is 1.39 bits per heavy atom. The van der Waals surface area contributed by atoms with Crippen LogP contribution in [0.25, 0.3) is 0 Å². The highest BCUT2D eigenvalue weighted by Crippen LogP contribution is 2.13. The monoisotopic (exact) mass is 464 g/mol. The largest absolute Gasteiger partial charge is 0.0609 e. The minimum Gasteiger partial charge on any atom is -0.0609 e. The van der Waals surface area contributed by atoms with Crippen LogP contribution in [-0.4, -0.2) is 0 Å². The molecule has 0 saturated carbocycles. The zero-order valence-corrected chi connectivity index (χ0v) is 15.5. The van der Waals surface area contributed by atoms with Gasteiger partial charge < -0.3 is 0 Å². The van der Waals surface area contributed by atoms with E-state index in [1.807, 2.05) is 0 Å². The molecule has 2 aromatic rings. The Morgan fingerprint density at radius 3 is 1.83 bits per heavy atom. The van der Waals surface area contributed by atoms with Gasteiger partial charge in [-0.2, -0.15) is 0 Å². The number of aryl methyl sites for hydroxylation is 3. The molecule has 0 fully saturated rings. The molecule has 2 aromatic carbocycles. The van der Waals surface area contributed by atoms with Crippen molar-refractivity contribution >= 4 is 45.2 Å². The van der Waals surface area contributed by atoms with Gasteiger partial charge in [-0.15, -0.1) is 0 Å². The van der Waals surface area contributed by atoms with Gasteiger partial charge in [-0.3, -0.25) is 0 Å². The lowest BCUT2D eigenvalue weighted by Gasteiger charge is -1.99. The summed E-state index contributed by atoms with van der Waals surface area (Å²) in [5.74, 6) is 0. The molecule has 0 unspecified atom stereocenters. The number of hydrogen-bond acceptors (Lipinski definition) is 0. The molecule has 0 heterocycles. The molecule has 0 nitrogen and oxygen atoms in total. The van der Waals surface area contributed by atoms with Gasteiger partial charge in [-0.25, -0.2) is 0 Å². The van der Waals surface area contributed by atoms with Crippen LogP contribution in [0.1, 0.15) is 22.3 Å². The first-order valence-electron chi connectivity index (χ1n) is 5.86. The molecule has 0 bridgehead atoms. The molecule has 2 rings (SSSR count). The van der Waals surface area contributed by atoms with Crippen molar-refractivity contribution in [3.8, 4) is 0 Å². The molecule has 0 aromatic heterocycles. The summed E-state index contributed by atoms with van der Waals surface area (Å²) in [6.07, 6.45) is 0. The maximum Gasteiger partial charge on any atom is 0.0162 e. The second-order valence-electron chi connectivity index (χ2n) is 4.41. The maximum atomic E-state index is 2.35. The number of halogens is 2. The Morgan fingerprint density at radius 1 is 0.722 bits per heavy atom. The molecule has 0 aliphatic rings. The van der Waals surface area contributed by atoms with Crippen LogP contribution < -0.4 is 0 Å².